The predicted molar refractivity (Wildman–Crippen MR) is 504 cm³/mol. The SMILES string of the molecule is C.Cc1cc(Cl)c2c(C(=O)c3ccc(C)c4ccccc34)c(C)n(CCN3CCOCC3)c2c1.Cc1ccc(C(=O)c2c(C)n(CCN3CCOCC3)c3ncccc23)c2ccccc12.Cc1ccc(C(=O)c2c3n(c4ccccc24)CCCC3)c2ccccc12.Cc1ccc2c(C(=O)c3ccc(C)c4ccccc34)c(C)n(CCN3CCOCC3)c2c1. The first kappa shape index (κ1) is 85.1. The first-order chi connectivity index (χ1) is 59.4. The zero-order valence-electron chi connectivity index (χ0n) is 71.7. The van der Waals surface area contributed by atoms with Gasteiger partial charge in [-0.25, -0.2) is 4.98 Å². The number of para-hydroxylation sites is 1. The van der Waals surface area contributed by atoms with Crippen LogP contribution in [0.4, 0.5) is 0 Å². The van der Waals surface area contributed by atoms with E-state index in [1.54, 1.807) is 0 Å². The number of halogens is 1. The lowest BCUT2D eigenvalue weighted by Crippen LogP contribution is -2.38. The molecule has 0 spiro atoms. The van der Waals surface area contributed by atoms with Gasteiger partial charge in [0, 0.05) is 169 Å². The van der Waals surface area contributed by atoms with Crippen LogP contribution in [0.5, 0.6) is 0 Å². The van der Waals surface area contributed by atoms with Crippen LogP contribution in [-0.4, -0.2) is 160 Å². The Hall–Kier alpha value is -11.5. The Bertz CT molecular complexity index is 6720. The number of ether oxygens (including phenoxy) is 3. The van der Waals surface area contributed by atoms with Gasteiger partial charge in [0.1, 0.15) is 5.65 Å². The molecule has 4 aliphatic heterocycles. The van der Waals surface area contributed by atoms with E-state index in [2.05, 4.69) is 184 Å². The molecule has 0 atom stereocenters. The number of fused-ring (bicyclic) bond motifs is 10. The van der Waals surface area contributed by atoms with Crippen LogP contribution in [-0.2, 0) is 46.8 Å². The average molecular weight is 1660 g/mol. The third-order valence-corrected chi connectivity index (χ3v) is 26.2. The van der Waals surface area contributed by atoms with Gasteiger partial charge in [-0.3, -0.25) is 33.9 Å². The second-order valence-corrected chi connectivity index (χ2v) is 33.8. The van der Waals surface area contributed by atoms with Crippen molar-refractivity contribution in [1.29, 1.82) is 0 Å². The smallest absolute Gasteiger partial charge is 0.196 e. The number of aryl methyl sites for hydroxylation is 7. The Balaban J connectivity index is 0.000000121. The largest absolute Gasteiger partial charge is 0.379 e. The highest BCUT2D eigenvalue weighted by Gasteiger charge is 2.31. The van der Waals surface area contributed by atoms with E-state index >= 15 is 0 Å². The molecule has 5 aromatic heterocycles. The maximum atomic E-state index is 14.1. The van der Waals surface area contributed by atoms with Gasteiger partial charge < -0.3 is 32.5 Å². The fraction of sp³-hybridized carbons (Fsp3) is 0.299. The fourth-order valence-electron chi connectivity index (χ4n) is 19.3. The molecule has 0 bridgehead atoms. The van der Waals surface area contributed by atoms with Crippen LogP contribution in [0.25, 0.3) is 86.8 Å². The van der Waals surface area contributed by atoms with E-state index in [9.17, 15) is 19.2 Å². The highest BCUT2D eigenvalue weighted by molar-refractivity contribution is 6.38. The van der Waals surface area contributed by atoms with Crippen molar-refractivity contribution in [1.82, 2.24) is 38.0 Å². The van der Waals surface area contributed by atoms with Crippen LogP contribution in [0.2, 0.25) is 5.02 Å². The molecule has 628 valence electrons. The Morgan fingerprint density at radius 2 is 0.699 bits per heavy atom. The molecule has 20 rings (SSSR count). The minimum atomic E-state index is 0. The number of morpholine rings is 3. The number of hydrogen-bond acceptors (Lipinski definition) is 11. The third kappa shape index (κ3) is 16.9. The van der Waals surface area contributed by atoms with E-state index in [-0.39, 0.29) is 30.6 Å². The predicted octanol–water partition coefficient (Wildman–Crippen LogP) is 21.9. The number of carbonyl (C=O) groups is 4. The summed E-state index contributed by atoms with van der Waals surface area (Å²) in [6.07, 6.45) is 5.14. The van der Waals surface area contributed by atoms with E-state index in [1.807, 2.05) is 134 Å². The van der Waals surface area contributed by atoms with Gasteiger partial charge >= 0.3 is 0 Å². The minimum absolute atomic E-state index is 0. The average Bonchev–Trinajstić information content (AvgIpc) is 1.58. The molecular weight excluding hydrogens is 1540 g/mol. The highest BCUT2D eigenvalue weighted by Crippen LogP contribution is 2.40. The van der Waals surface area contributed by atoms with Crippen molar-refractivity contribution in [2.24, 2.45) is 0 Å². The van der Waals surface area contributed by atoms with Crippen molar-refractivity contribution in [3.05, 3.63) is 324 Å². The molecule has 0 saturated carbocycles. The molecule has 0 amide bonds. The summed E-state index contributed by atoms with van der Waals surface area (Å²) in [4.78, 5) is 67.5. The van der Waals surface area contributed by atoms with E-state index in [0.29, 0.717) is 10.6 Å². The molecule has 9 heterocycles. The lowest BCUT2D eigenvalue weighted by atomic mass is 9.92. The molecule has 11 aromatic carbocycles. The van der Waals surface area contributed by atoms with Gasteiger partial charge in [0.15, 0.2) is 23.1 Å². The van der Waals surface area contributed by atoms with Gasteiger partial charge in [0.25, 0.3) is 0 Å². The zero-order valence-corrected chi connectivity index (χ0v) is 72.4. The minimum Gasteiger partial charge on any atom is -0.379 e. The summed E-state index contributed by atoms with van der Waals surface area (Å²) in [7, 11) is 0. The topological polar surface area (TPSA) is 138 Å². The Morgan fingerprint density at radius 3 is 1.17 bits per heavy atom. The van der Waals surface area contributed by atoms with Crippen LogP contribution < -0.4 is 0 Å². The molecular formula is C107H111ClN8O7. The molecule has 16 heteroatoms. The first-order valence-electron chi connectivity index (χ1n) is 43.4. The molecule has 123 heavy (non-hydrogen) atoms. The molecule has 3 fully saturated rings. The van der Waals surface area contributed by atoms with Crippen LogP contribution in [0, 0.1) is 62.3 Å². The second-order valence-electron chi connectivity index (χ2n) is 33.4. The van der Waals surface area contributed by atoms with Gasteiger partial charge in [-0.05, 0) is 194 Å². The summed E-state index contributed by atoms with van der Waals surface area (Å²) in [5, 5.41) is 13.2. The molecule has 4 aliphatic rings. The van der Waals surface area contributed by atoms with Crippen molar-refractivity contribution in [3.8, 4) is 0 Å². The monoisotopic (exact) mass is 1650 g/mol. The van der Waals surface area contributed by atoms with Crippen molar-refractivity contribution in [2.75, 3.05) is 98.5 Å². The molecule has 3 saturated heterocycles. The zero-order chi connectivity index (χ0) is 84.4. The maximum absolute atomic E-state index is 14.1. The molecule has 15 nitrogen and oxygen atoms in total. The number of aromatic nitrogens is 5. The van der Waals surface area contributed by atoms with E-state index in [4.69, 9.17) is 25.8 Å². The van der Waals surface area contributed by atoms with Gasteiger partial charge in [0.2, 0.25) is 0 Å². The maximum Gasteiger partial charge on any atom is 0.196 e. The number of hydrogen-bond donors (Lipinski definition) is 0. The molecule has 0 N–H and O–H groups in total. The molecule has 0 aliphatic carbocycles. The summed E-state index contributed by atoms with van der Waals surface area (Å²) in [6, 6.07) is 71.7. The van der Waals surface area contributed by atoms with E-state index in [1.165, 1.54) is 45.4 Å². The first-order valence-corrected chi connectivity index (χ1v) is 43.7. The van der Waals surface area contributed by atoms with Crippen LogP contribution in [0.15, 0.2) is 219 Å². The van der Waals surface area contributed by atoms with Crippen LogP contribution in [0.1, 0.15) is 140 Å². The number of nitrogens with zero attached hydrogens (tertiary/aromatic N) is 8. The summed E-state index contributed by atoms with van der Waals surface area (Å²) >= 11 is 6.78. The summed E-state index contributed by atoms with van der Waals surface area (Å²) < 4.78 is 25.6. The van der Waals surface area contributed by atoms with Gasteiger partial charge in [0.05, 0.1) is 72.4 Å². The number of carbonyl (C=O) groups excluding carboxylic acids is 4. The van der Waals surface area contributed by atoms with E-state index in [0.717, 1.165) is 280 Å². The Morgan fingerprint density at radius 1 is 0.333 bits per heavy atom. The molecule has 16 aromatic rings. The van der Waals surface area contributed by atoms with Gasteiger partial charge in [-0.15, -0.1) is 0 Å². The second kappa shape index (κ2) is 37.3. The lowest BCUT2D eigenvalue weighted by Gasteiger charge is -2.27. The van der Waals surface area contributed by atoms with Crippen molar-refractivity contribution in [2.45, 2.75) is 115 Å². The molecule has 0 unspecified atom stereocenters. The van der Waals surface area contributed by atoms with Crippen molar-refractivity contribution < 1.29 is 33.4 Å². The number of ketones is 4. The quantitative estimate of drug-likeness (QED) is 0.0805. The highest BCUT2D eigenvalue weighted by atomic mass is 35.5. The van der Waals surface area contributed by atoms with Gasteiger partial charge in [-0.2, -0.15) is 0 Å². The standard InChI is InChI=1S/C28H29ClN2O2.C28H30N2O2.C26H27N3O2.C24H21NO.CH4/c1-18-16-24(29)27-25(17-18)31(11-10-30-12-14-33-15-13-30)20(3)26(27)28(32)23-9-8-19(2)21-6-4-5-7-22(21)23;1-19-8-10-25-26(18-19)30(13-12-29-14-16-32-17-15-29)21(3)27(25)28(31)24-11-9-20(2)22-6-4-5-7-23(22)24;1-18-9-10-22(21-7-4-3-6-20(18)21)25(30)24-19(2)29(26-23(24)8-5-11-27-26)13-12-28-14-16-31-17-15-28;1-16-13-14-19(18-9-3-2-8-17(16)18)24(26)23-20-10-4-5-11-21(20)25-15-7-6-12-22(23)25;/h4-9,16-17H,10-15H2,1-3H3;4-11,18H,12-17H2,1-3H3;3-11H,12-17H2,1-2H3;2-5,8-11,13-14H,6-7,12,15H2,1H3;1H4. The number of rotatable bonds is 17. The summed E-state index contributed by atoms with van der Waals surface area (Å²) in [6.45, 7) is 35.5. The lowest BCUT2D eigenvalue weighted by molar-refractivity contribution is 0.0364. The van der Waals surface area contributed by atoms with Crippen molar-refractivity contribution in [3.63, 3.8) is 0 Å². The number of benzene rings is 11. The third-order valence-electron chi connectivity index (χ3n) is 25.9. The normalized spacial score (nSPS) is 14.6. The Kier molecular flexibility index (Phi) is 25.8. The van der Waals surface area contributed by atoms with Crippen molar-refractivity contribution >= 4 is 122 Å². The summed E-state index contributed by atoms with van der Waals surface area (Å²) in [5.74, 6) is 0.368. The Labute approximate surface area is 726 Å². The van der Waals surface area contributed by atoms with Gasteiger partial charge in [-0.1, -0.05) is 195 Å². The van der Waals surface area contributed by atoms with E-state index < -0.39 is 0 Å². The van der Waals surface area contributed by atoms with Crippen LogP contribution >= 0.6 is 11.6 Å². The summed E-state index contributed by atoms with van der Waals surface area (Å²) in [5.41, 5.74) is 21.8. The number of pyridine rings is 1. The fourth-order valence-corrected chi connectivity index (χ4v) is 19.6. The van der Waals surface area contributed by atoms with Crippen LogP contribution in [0.3, 0.4) is 0 Å². The molecule has 0 radical (unpaired) electrons.